The standard InChI is InChI=1S/C13H15ClN2O4S/c1-2-9-7-15(3-4-21-9)12-10(13(17)18)5-8(16(19)20)6-11(12)14/h5-6,9H,2-4,7H2,1H3,(H,17,18). The third-order valence-corrected chi connectivity index (χ3v) is 5.06. The molecule has 8 heteroatoms. The second-order valence-corrected chi connectivity index (χ2v) is 6.55. The van der Waals surface area contributed by atoms with Crippen LogP contribution in [0.15, 0.2) is 12.1 Å². The average Bonchev–Trinajstić information content (AvgIpc) is 2.46. The number of hydrogen-bond acceptors (Lipinski definition) is 5. The molecule has 2 rings (SSSR count). The smallest absolute Gasteiger partial charge is 0.338 e. The molecule has 0 aromatic heterocycles. The fraction of sp³-hybridized carbons (Fsp3) is 0.462. The first kappa shape index (κ1) is 15.9. The van der Waals surface area contributed by atoms with Gasteiger partial charge in [-0.25, -0.2) is 4.79 Å². The molecule has 21 heavy (non-hydrogen) atoms. The number of nitro groups is 1. The number of nitrogens with zero attached hydrogens (tertiary/aromatic N) is 2. The quantitative estimate of drug-likeness (QED) is 0.673. The van der Waals surface area contributed by atoms with Crippen LogP contribution in [-0.2, 0) is 0 Å². The van der Waals surface area contributed by atoms with Gasteiger partial charge in [0.2, 0.25) is 0 Å². The number of carboxylic acid groups (broad SMARTS) is 1. The van der Waals surface area contributed by atoms with E-state index in [1.807, 2.05) is 16.7 Å². The maximum Gasteiger partial charge on any atom is 0.338 e. The summed E-state index contributed by atoms with van der Waals surface area (Å²) >= 11 is 7.98. The van der Waals surface area contributed by atoms with Gasteiger partial charge in [-0.2, -0.15) is 11.8 Å². The molecular formula is C13H15ClN2O4S. The van der Waals surface area contributed by atoms with E-state index in [0.29, 0.717) is 24.0 Å². The van der Waals surface area contributed by atoms with E-state index in [-0.39, 0.29) is 16.3 Å². The van der Waals surface area contributed by atoms with Crippen molar-refractivity contribution in [1.29, 1.82) is 0 Å². The summed E-state index contributed by atoms with van der Waals surface area (Å²) in [6.45, 7) is 3.45. The largest absolute Gasteiger partial charge is 0.478 e. The van der Waals surface area contributed by atoms with Crippen LogP contribution in [0.3, 0.4) is 0 Å². The Hall–Kier alpha value is -1.47. The molecule has 0 bridgehead atoms. The van der Waals surface area contributed by atoms with E-state index in [1.54, 1.807) is 0 Å². The molecule has 0 radical (unpaired) electrons. The number of halogens is 1. The zero-order valence-electron chi connectivity index (χ0n) is 11.4. The van der Waals surface area contributed by atoms with Crippen LogP contribution in [-0.4, -0.2) is 40.1 Å². The van der Waals surface area contributed by atoms with E-state index in [9.17, 15) is 20.0 Å². The van der Waals surface area contributed by atoms with Crippen molar-refractivity contribution in [2.45, 2.75) is 18.6 Å². The van der Waals surface area contributed by atoms with Gasteiger partial charge < -0.3 is 10.0 Å². The zero-order chi connectivity index (χ0) is 15.6. The van der Waals surface area contributed by atoms with Crippen molar-refractivity contribution in [3.63, 3.8) is 0 Å². The van der Waals surface area contributed by atoms with Crippen molar-refractivity contribution in [3.05, 3.63) is 32.8 Å². The minimum Gasteiger partial charge on any atom is -0.478 e. The van der Waals surface area contributed by atoms with Crippen molar-refractivity contribution in [2.24, 2.45) is 0 Å². The monoisotopic (exact) mass is 330 g/mol. The van der Waals surface area contributed by atoms with E-state index in [1.165, 1.54) is 6.07 Å². The Bertz CT molecular complexity index is 582. The first-order valence-electron chi connectivity index (χ1n) is 6.51. The fourth-order valence-electron chi connectivity index (χ4n) is 2.34. The minimum absolute atomic E-state index is 0.114. The summed E-state index contributed by atoms with van der Waals surface area (Å²) in [5.74, 6) is -0.327. The molecule has 1 aliphatic rings. The molecule has 1 aliphatic heterocycles. The topological polar surface area (TPSA) is 83.7 Å². The predicted molar refractivity (Wildman–Crippen MR) is 83.8 cm³/mol. The molecular weight excluding hydrogens is 316 g/mol. The number of anilines is 1. The lowest BCUT2D eigenvalue weighted by Crippen LogP contribution is -2.38. The van der Waals surface area contributed by atoms with Crippen LogP contribution in [0, 0.1) is 10.1 Å². The molecule has 114 valence electrons. The summed E-state index contributed by atoms with van der Waals surface area (Å²) < 4.78 is 0. The minimum atomic E-state index is -1.21. The van der Waals surface area contributed by atoms with Crippen LogP contribution < -0.4 is 4.90 Å². The van der Waals surface area contributed by atoms with Crippen LogP contribution in [0.25, 0.3) is 0 Å². The molecule has 1 fully saturated rings. The summed E-state index contributed by atoms with van der Waals surface area (Å²) in [4.78, 5) is 23.6. The molecule has 0 aliphatic carbocycles. The van der Waals surface area contributed by atoms with Crippen LogP contribution in [0.4, 0.5) is 11.4 Å². The molecule has 1 heterocycles. The third-order valence-electron chi connectivity index (χ3n) is 3.40. The summed E-state index contributed by atoms with van der Waals surface area (Å²) in [5, 5.41) is 20.7. The maximum atomic E-state index is 11.4. The zero-order valence-corrected chi connectivity index (χ0v) is 13.0. The second-order valence-electron chi connectivity index (χ2n) is 4.73. The number of non-ortho nitro benzene ring substituents is 1. The summed E-state index contributed by atoms with van der Waals surface area (Å²) in [7, 11) is 0. The highest BCUT2D eigenvalue weighted by atomic mass is 35.5. The van der Waals surface area contributed by atoms with E-state index >= 15 is 0 Å². The van der Waals surface area contributed by atoms with Gasteiger partial charge in [0.25, 0.3) is 5.69 Å². The molecule has 0 saturated carbocycles. The Labute approximate surface area is 131 Å². The Morgan fingerprint density at radius 1 is 1.62 bits per heavy atom. The highest BCUT2D eigenvalue weighted by molar-refractivity contribution is 8.00. The van der Waals surface area contributed by atoms with E-state index in [0.717, 1.165) is 18.2 Å². The Kier molecular flexibility index (Phi) is 4.95. The Morgan fingerprint density at radius 3 is 2.90 bits per heavy atom. The number of carbonyl (C=O) groups is 1. The van der Waals surface area contributed by atoms with Gasteiger partial charge in [0.05, 0.1) is 21.2 Å². The fourth-order valence-corrected chi connectivity index (χ4v) is 3.86. The molecule has 0 spiro atoms. The van der Waals surface area contributed by atoms with Crippen molar-refractivity contribution in [3.8, 4) is 0 Å². The van der Waals surface area contributed by atoms with Crippen LogP contribution in [0.2, 0.25) is 5.02 Å². The number of carboxylic acids is 1. The van der Waals surface area contributed by atoms with Gasteiger partial charge in [0.1, 0.15) is 0 Å². The highest BCUT2D eigenvalue weighted by Gasteiger charge is 2.27. The predicted octanol–water partition coefficient (Wildman–Crippen LogP) is 3.28. The summed E-state index contributed by atoms with van der Waals surface area (Å²) in [6, 6.07) is 2.29. The Balaban J connectivity index is 2.46. The molecule has 0 amide bonds. The molecule has 1 N–H and O–H groups in total. The van der Waals surface area contributed by atoms with Crippen molar-refractivity contribution < 1.29 is 14.8 Å². The van der Waals surface area contributed by atoms with Crippen LogP contribution in [0.5, 0.6) is 0 Å². The van der Waals surface area contributed by atoms with E-state index in [4.69, 9.17) is 11.6 Å². The van der Waals surface area contributed by atoms with Gasteiger partial charge in [-0.05, 0) is 6.42 Å². The normalized spacial score (nSPS) is 18.6. The lowest BCUT2D eigenvalue weighted by molar-refractivity contribution is -0.384. The lowest BCUT2D eigenvalue weighted by Gasteiger charge is -2.34. The van der Waals surface area contributed by atoms with Gasteiger partial charge in [-0.15, -0.1) is 0 Å². The van der Waals surface area contributed by atoms with Gasteiger partial charge in [-0.1, -0.05) is 18.5 Å². The molecule has 1 atom stereocenters. The summed E-state index contributed by atoms with van der Waals surface area (Å²) in [5.41, 5.74) is -0.0379. The number of benzene rings is 1. The van der Waals surface area contributed by atoms with Crippen LogP contribution >= 0.6 is 23.4 Å². The number of hydrogen-bond donors (Lipinski definition) is 1. The van der Waals surface area contributed by atoms with Crippen LogP contribution in [0.1, 0.15) is 23.7 Å². The maximum absolute atomic E-state index is 11.4. The highest BCUT2D eigenvalue weighted by Crippen LogP contribution is 2.36. The van der Waals surface area contributed by atoms with Gasteiger partial charge in [0, 0.05) is 36.2 Å². The Morgan fingerprint density at radius 2 is 2.33 bits per heavy atom. The first-order chi connectivity index (χ1) is 9.93. The van der Waals surface area contributed by atoms with E-state index < -0.39 is 10.9 Å². The number of thioether (sulfide) groups is 1. The number of rotatable bonds is 4. The average molecular weight is 331 g/mol. The molecule has 6 nitrogen and oxygen atoms in total. The van der Waals surface area contributed by atoms with Crippen molar-refractivity contribution in [2.75, 3.05) is 23.7 Å². The molecule has 1 aromatic carbocycles. The first-order valence-corrected chi connectivity index (χ1v) is 7.94. The van der Waals surface area contributed by atoms with Gasteiger partial charge >= 0.3 is 5.97 Å². The van der Waals surface area contributed by atoms with Gasteiger partial charge in [-0.3, -0.25) is 10.1 Å². The number of nitro benzene ring substituents is 1. The van der Waals surface area contributed by atoms with Crippen molar-refractivity contribution >= 4 is 40.7 Å². The van der Waals surface area contributed by atoms with Crippen molar-refractivity contribution in [1.82, 2.24) is 0 Å². The molecule has 1 unspecified atom stereocenters. The molecule has 1 saturated heterocycles. The lowest BCUT2D eigenvalue weighted by atomic mass is 10.1. The van der Waals surface area contributed by atoms with E-state index in [2.05, 4.69) is 6.92 Å². The molecule has 1 aromatic rings. The van der Waals surface area contributed by atoms with Gasteiger partial charge in [0.15, 0.2) is 0 Å². The number of aromatic carboxylic acids is 1. The third kappa shape index (κ3) is 3.41. The SMILES string of the molecule is CCC1CN(c2c(Cl)cc([N+](=O)[O-])cc2C(=O)O)CCS1. The summed E-state index contributed by atoms with van der Waals surface area (Å²) in [6.07, 6.45) is 0.980. The second kappa shape index (κ2) is 6.53.